The lowest BCUT2D eigenvalue weighted by atomic mass is 9.97. The van der Waals surface area contributed by atoms with E-state index in [1.165, 1.54) is 19.3 Å². The minimum Gasteiger partial charge on any atom is -0.353 e. The van der Waals surface area contributed by atoms with Gasteiger partial charge in [-0.3, -0.25) is 0 Å². The van der Waals surface area contributed by atoms with Gasteiger partial charge < -0.3 is 14.7 Å². The van der Waals surface area contributed by atoms with E-state index in [9.17, 15) is 0 Å². The highest BCUT2D eigenvalue weighted by atomic mass is 32.2. The monoisotopic (exact) mass is 337 g/mol. The summed E-state index contributed by atoms with van der Waals surface area (Å²) in [5, 5.41) is 8.34. The summed E-state index contributed by atoms with van der Waals surface area (Å²) >= 11 is 1.94. The van der Waals surface area contributed by atoms with Crippen LogP contribution in [0, 0.1) is 0 Å². The molecule has 0 bridgehead atoms. The van der Waals surface area contributed by atoms with Gasteiger partial charge in [-0.05, 0) is 25.5 Å². The number of hydrogen-bond donors (Lipinski definition) is 1. The molecule has 0 aromatic carbocycles. The van der Waals surface area contributed by atoms with E-state index in [4.69, 9.17) is 9.52 Å². The zero-order valence-corrected chi connectivity index (χ0v) is 15.3. The molecule has 1 unspecified atom stereocenters. The van der Waals surface area contributed by atoms with Gasteiger partial charge in [0.15, 0.2) is 11.8 Å². The first-order valence-electron chi connectivity index (χ1n) is 8.37. The lowest BCUT2D eigenvalue weighted by Gasteiger charge is -2.21. The Morgan fingerprint density at radius 3 is 2.74 bits per heavy atom. The van der Waals surface area contributed by atoms with Crippen molar-refractivity contribution in [1.29, 1.82) is 0 Å². The van der Waals surface area contributed by atoms with Gasteiger partial charge in [0.1, 0.15) is 6.54 Å². The van der Waals surface area contributed by atoms with Gasteiger partial charge in [0.25, 0.3) is 0 Å². The quantitative estimate of drug-likeness (QED) is 0.672. The Balaban J connectivity index is 1.66. The molecule has 1 saturated heterocycles. The van der Waals surface area contributed by atoms with Gasteiger partial charge in [0.05, 0.1) is 0 Å². The van der Waals surface area contributed by atoms with Crippen LogP contribution in [0.5, 0.6) is 0 Å². The molecule has 1 N–H and O–H groups in total. The van der Waals surface area contributed by atoms with E-state index in [0.29, 0.717) is 29.6 Å². The second kappa shape index (κ2) is 6.71. The number of aliphatic imine (C=N–C) groups is 1. The van der Waals surface area contributed by atoms with Gasteiger partial charge in [0, 0.05) is 29.8 Å². The Labute approximate surface area is 142 Å². The Morgan fingerprint density at radius 1 is 1.39 bits per heavy atom. The molecule has 2 heterocycles. The van der Waals surface area contributed by atoms with Gasteiger partial charge in [-0.1, -0.05) is 25.9 Å². The third kappa shape index (κ3) is 4.40. The standard InChI is InChI=1S/C16H27N5OS/c1-16(2,3)14-19-13(20-22-14)9-17-15(18-11-5-6-11)21-8-7-12(10-21)23-4/h11-12H,5-10H2,1-4H3,(H,17,18). The van der Waals surface area contributed by atoms with E-state index < -0.39 is 0 Å². The zero-order chi connectivity index (χ0) is 16.4. The van der Waals surface area contributed by atoms with Gasteiger partial charge in [-0.2, -0.15) is 16.7 Å². The van der Waals surface area contributed by atoms with Crippen molar-refractivity contribution in [3.05, 3.63) is 11.7 Å². The van der Waals surface area contributed by atoms with Crippen LogP contribution in [0.2, 0.25) is 0 Å². The highest BCUT2D eigenvalue weighted by Gasteiger charge is 2.29. The van der Waals surface area contributed by atoms with Crippen molar-refractivity contribution in [1.82, 2.24) is 20.4 Å². The molecule has 23 heavy (non-hydrogen) atoms. The number of guanidine groups is 1. The molecule has 7 heteroatoms. The molecule has 1 aliphatic carbocycles. The van der Waals surface area contributed by atoms with Crippen molar-refractivity contribution in [3.63, 3.8) is 0 Å². The fourth-order valence-corrected chi connectivity index (χ4v) is 3.20. The van der Waals surface area contributed by atoms with E-state index in [-0.39, 0.29) is 5.41 Å². The maximum atomic E-state index is 5.35. The molecule has 1 aliphatic heterocycles. The number of nitrogens with zero attached hydrogens (tertiary/aromatic N) is 4. The number of rotatable bonds is 4. The second-order valence-electron chi connectivity index (χ2n) is 7.42. The summed E-state index contributed by atoms with van der Waals surface area (Å²) in [6, 6.07) is 0.595. The lowest BCUT2D eigenvalue weighted by Crippen LogP contribution is -2.41. The molecule has 2 aliphatic rings. The Kier molecular flexibility index (Phi) is 4.85. The van der Waals surface area contributed by atoms with Crippen molar-refractivity contribution in [3.8, 4) is 0 Å². The predicted molar refractivity (Wildman–Crippen MR) is 93.8 cm³/mol. The highest BCUT2D eigenvalue weighted by molar-refractivity contribution is 7.99. The van der Waals surface area contributed by atoms with Crippen LogP contribution >= 0.6 is 11.8 Å². The molecular formula is C16H27N5OS. The van der Waals surface area contributed by atoms with E-state index in [1.807, 2.05) is 11.8 Å². The molecule has 128 valence electrons. The molecule has 0 radical (unpaired) electrons. The fourth-order valence-electron chi connectivity index (χ4n) is 2.53. The van der Waals surface area contributed by atoms with Crippen LogP contribution in [0.15, 0.2) is 9.52 Å². The number of hydrogen-bond acceptors (Lipinski definition) is 5. The summed E-state index contributed by atoms with van der Waals surface area (Å²) in [5.41, 5.74) is -0.120. The maximum absolute atomic E-state index is 5.35. The van der Waals surface area contributed by atoms with Crippen LogP contribution in [0.25, 0.3) is 0 Å². The van der Waals surface area contributed by atoms with Crippen molar-refractivity contribution >= 4 is 17.7 Å². The number of thioether (sulfide) groups is 1. The first-order chi connectivity index (χ1) is 11.0. The normalized spacial score (nSPS) is 22.7. The topological polar surface area (TPSA) is 66.5 Å². The summed E-state index contributed by atoms with van der Waals surface area (Å²) in [6.07, 6.45) is 5.90. The average Bonchev–Trinajstić information content (AvgIpc) is 3.02. The zero-order valence-electron chi connectivity index (χ0n) is 14.5. The summed E-state index contributed by atoms with van der Waals surface area (Å²) in [5.74, 6) is 2.33. The first kappa shape index (κ1) is 16.6. The minimum absolute atomic E-state index is 0.120. The molecule has 1 aromatic rings. The van der Waals surface area contributed by atoms with Gasteiger partial charge >= 0.3 is 0 Å². The number of likely N-dealkylation sites (tertiary alicyclic amines) is 1. The predicted octanol–water partition coefficient (Wildman–Crippen LogP) is 2.41. The van der Waals surface area contributed by atoms with Crippen molar-refractivity contribution < 1.29 is 4.52 Å². The molecule has 0 amide bonds. The van der Waals surface area contributed by atoms with Crippen LogP contribution in [0.3, 0.4) is 0 Å². The van der Waals surface area contributed by atoms with Crippen LogP contribution < -0.4 is 5.32 Å². The molecule has 1 aromatic heterocycles. The summed E-state index contributed by atoms with van der Waals surface area (Å²) in [7, 11) is 0. The Bertz CT molecular complexity index is 561. The molecule has 1 atom stereocenters. The Morgan fingerprint density at radius 2 is 2.17 bits per heavy atom. The van der Waals surface area contributed by atoms with Crippen LogP contribution in [-0.2, 0) is 12.0 Å². The van der Waals surface area contributed by atoms with Crippen LogP contribution in [0.4, 0.5) is 0 Å². The van der Waals surface area contributed by atoms with E-state index in [2.05, 4.69) is 47.4 Å². The van der Waals surface area contributed by atoms with Crippen molar-refractivity contribution in [2.45, 2.75) is 63.3 Å². The fraction of sp³-hybridized carbons (Fsp3) is 0.812. The van der Waals surface area contributed by atoms with Gasteiger partial charge in [-0.25, -0.2) is 4.99 Å². The minimum atomic E-state index is -0.120. The third-order valence-corrected chi connectivity index (χ3v) is 5.22. The first-order valence-corrected chi connectivity index (χ1v) is 9.66. The molecule has 2 fully saturated rings. The van der Waals surface area contributed by atoms with Crippen LogP contribution in [0.1, 0.15) is 51.7 Å². The average molecular weight is 337 g/mol. The third-order valence-electron chi connectivity index (χ3n) is 4.17. The number of aromatic nitrogens is 2. The smallest absolute Gasteiger partial charge is 0.232 e. The molecule has 3 rings (SSSR count). The Hall–Kier alpha value is -1.24. The molecule has 6 nitrogen and oxygen atoms in total. The second-order valence-corrected chi connectivity index (χ2v) is 8.55. The van der Waals surface area contributed by atoms with Gasteiger partial charge in [0.2, 0.25) is 5.89 Å². The molecule has 1 saturated carbocycles. The van der Waals surface area contributed by atoms with E-state index in [0.717, 1.165) is 19.0 Å². The van der Waals surface area contributed by atoms with Gasteiger partial charge in [-0.15, -0.1) is 0 Å². The SMILES string of the molecule is CSC1CCN(C(=NCc2noc(C(C)(C)C)n2)NC2CC2)C1. The van der Waals surface area contributed by atoms with Crippen molar-refractivity contribution in [2.75, 3.05) is 19.3 Å². The van der Waals surface area contributed by atoms with Crippen molar-refractivity contribution in [2.24, 2.45) is 4.99 Å². The molecular weight excluding hydrogens is 310 g/mol. The highest BCUT2D eigenvalue weighted by Crippen LogP contribution is 2.23. The largest absolute Gasteiger partial charge is 0.353 e. The van der Waals surface area contributed by atoms with Crippen LogP contribution in [-0.4, -0.2) is 51.6 Å². The number of nitrogens with one attached hydrogen (secondary N) is 1. The maximum Gasteiger partial charge on any atom is 0.232 e. The van der Waals surface area contributed by atoms with E-state index >= 15 is 0 Å². The molecule has 0 spiro atoms. The summed E-state index contributed by atoms with van der Waals surface area (Å²) < 4.78 is 5.35. The van der Waals surface area contributed by atoms with E-state index in [1.54, 1.807) is 0 Å². The summed E-state index contributed by atoms with van der Waals surface area (Å²) in [6.45, 7) is 8.82. The lowest BCUT2D eigenvalue weighted by molar-refractivity contribution is 0.318. The summed E-state index contributed by atoms with van der Waals surface area (Å²) in [4.78, 5) is 11.6.